The topological polar surface area (TPSA) is 29.3 Å². The van der Waals surface area contributed by atoms with Crippen molar-refractivity contribution in [1.29, 1.82) is 0 Å². The van der Waals surface area contributed by atoms with Crippen LogP contribution in [0.5, 0.6) is 0 Å². The molecule has 21 heavy (non-hydrogen) atoms. The molecule has 0 unspecified atom stereocenters. The molecule has 0 radical (unpaired) electrons. The number of rotatable bonds is 2. The van der Waals surface area contributed by atoms with E-state index in [1.165, 1.54) is 90.1 Å². The second-order valence-corrected chi connectivity index (χ2v) is 8.45. The van der Waals surface area contributed by atoms with Gasteiger partial charge in [0.25, 0.3) is 0 Å². The summed E-state index contributed by atoms with van der Waals surface area (Å²) in [6, 6.07) is 0. The van der Waals surface area contributed by atoms with Crippen LogP contribution < -0.4 is 5.73 Å². The van der Waals surface area contributed by atoms with Crippen LogP contribution in [0.15, 0.2) is 0 Å². The molecule has 2 fully saturated rings. The summed E-state index contributed by atoms with van der Waals surface area (Å²) in [5.41, 5.74) is 7.15. The lowest BCUT2D eigenvalue weighted by atomic mass is 9.83. The van der Waals surface area contributed by atoms with Crippen LogP contribution in [0, 0.1) is 5.41 Å². The highest BCUT2D eigenvalue weighted by atomic mass is 15.2. The maximum Gasteiger partial charge on any atom is 0.0331 e. The molecule has 2 nitrogen and oxygen atoms in total. The summed E-state index contributed by atoms with van der Waals surface area (Å²) in [4.78, 5) is 2.78. The van der Waals surface area contributed by atoms with Crippen LogP contribution in [-0.2, 0) is 0 Å². The van der Waals surface area contributed by atoms with Gasteiger partial charge in [0.15, 0.2) is 0 Å². The number of likely N-dealkylation sites (tertiary alicyclic amines) is 1. The number of nitrogens with two attached hydrogens (primary N) is 1. The Balaban J connectivity index is 2.00. The minimum atomic E-state index is 0.312. The molecule has 2 aliphatic rings. The van der Waals surface area contributed by atoms with E-state index in [9.17, 15) is 0 Å². The molecule has 0 aromatic carbocycles. The summed E-state index contributed by atoms with van der Waals surface area (Å²) in [6.07, 6.45) is 16.8. The lowest BCUT2D eigenvalue weighted by Gasteiger charge is -2.43. The van der Waals surface area contributed by atoms with E-state index in [-0.39, 0.29) is 0 Å². The van der Waals surface area contributed by atoms with Crippen LogP contribution in [0.1, 0.15) is 90.9 Å². The lowest BCUT2D eigenvalue weighted by Crippen LogP contribution is -2.53. The predicted octanol–water partition coefficient (Wildman–Crippen LogP) is 4.72. The summed E-state index contributed by atoms with van der Waals surface area (Å²) in [5.74, 6) is 0. The molecule has 0 atom stereocenters. The van der Waals surface area contributed by atoms with Crippen molar-refractivity contribution >= 4 is 0 Å². The van der Waals surface area contributed by atoms with Crippen molar-refractivity contribution in [2.24, 2.45) is 11.1 Å². The van der Waals surface area contributed by atoms with Gasteiger partial charge in [-0.05, 0) is 31.2 Å². The average molecular weight is 295 g/mol. The van der Waals surface area contributed by atoms with Crippen molar-refractivity contribution in [3.63, 3.8) is 0 Å². The number of hydrogen-bond acceptors (Lipinski definition) is 2. The summed E-state index contributed by atoms with van der Waals surface area (Å²) in [5, 5.41) is 0. The zero-order valence-corrected chi connectivity index (χ0v) is 14.6. The molecule has 1 aliphatic heterocycles. The van der Waals surface area contributed by atoms with Crippen molar-refractivity contribution in [2.75, 3.05) is 19.6 Å². The zero-order chi connectivity index (χ0) is 15.2. The quantitative estimate of drug-likeness (QED) is 0.798. The Kier molecular flexibility index (Phi) is 6.55. The van der Waals surface area contributed by atoms with E-state index in [1.807, 2.05) is 0 Å². The highest BCUT2D eigenvalue weighted by Gasteiger charge is 2.41. The maximum atomic E-state index is 6.35. The number of hydrogen-bond donors (Lipinski definition) is 1. The van der Waals surface area contributed by atoms with Gasteiger partial charge in [-0.2, -0.15) is 0 Å². The van der Waals surface area contributed by atoms with Crippen molar-refractivity contribution < 1.29 is 0 Å². The highest BCUT2D eigenvalue weighted by molar-refractivity contribution is 4.97. The van der Waals surface area contributed by atoms with Gasteiger partial charge in [0.05, 0.1) is 0 Å². The van der Waals surface area contributed by atoms with Crippen molar-refractivity contribution in [1.82, 2.24) is 4.90 Å². The molecule has 0 bridgehead atoms. The van der Waals surface area contributed by atoms with Gasteiger partial charge < -0.3 is 5.73 Å². The summed E-state index contributed by atoms with van der Waals surface area (Å²) >= 11 is 0. The molecule has 1 saturated heterocycles. The van der Waals surface area contributed by atoms with Crippen molar-refractivity contribution in [3.8, 4) is 0 Å². The Morgan fingerprint density at radius 2 is 1.24 bits per heavy atom. The molecule has 0 spiro atoms. The van der Waals surface area contributed by atoms with E-state index in [4.69, 9.17) is 5.73 Å². The van der Waals surface area contributed by atoms with E-state index < -0.39 is 0 Å². The van der Waals surface area contributed by atoms with Crippen molar-refractivity contribution in [3.05, 3.63) is 0 Å². The second kappa shape index (κ2) is 7.97. The maximum absolute atomic E-state index is 6.35. The minimum Gasteiger partial charge on any atom is -0.329 e. The van der Waals surface area contributed by atoms with E-state index >= 15 is 0 Å². The molecule has 1 heterocycles. The molecule has 0 aromatic rings. The summed E-state index contributed by atoms with van der Waals surface area (Å²) in [6.45, 7) is 8.23. The van der Waals surface area contributed by atoms with Crippen molar-refractivity contribution in [2.45, 2.75) is 96.4 Å². The molecule has 124 valence electrons. The van der Waals surface area contributed by atoms with E-state index in [1.54, 1.807) is 0 Å². The van der Waals surface area contributed by atoms with Crippen LogP contribution in [0.4, 0.5) is 0 Å². The first-order chi connectivity index (χ1) is 10.1. The fraction of sp³-hybridized carbons (Fsp3) is 1.00. The van der Waals surface area contributed by atoms with E-state index in [0.29, 0.717) is 11.0 Å². The number of nitrogens with zero attached hydrogens (tertiary/aromatic N) is 1. The first kappa shape index (κ1) is 17.3. The van der Waals surface area contributed by atoms with Crippen LogP contribution >= 0.6 is 0 Å². The van der Waals surface area contributed by atoms with Gasteiger partial charge in [-0.15, -0.1) is 0 Å². The Morgan fingerprint density at radius 1 is 0.762 bits per heavy atom. The smallest absolute Gasteiger partial charge is 0.0331 e. The minimum absolute atomic E-state index is 0.312. The van der Waals surface area contributed by atoms with Gasteiger partial charge in [-0.25, -0.2) is 0 Å². The Bertz CT molecular complexity index is 286. The molecule has 2 heteroatoms. The van der Waals surface area contributed by atoms with Crippen LogP contribution in [0.3, 0.4) is 0 Å². The standard InChI is InChI=1S/C19H38N2/c1-18(2)14-15-21(17-18)19(16-20)12-10-8-6-4-3-5-7-9-11-13-19/h3-17,20H2,1-2H3. The van der Waals surface area contributed by atoms with Crippen LogP contribution in [0.2, 0.25) is 0 Å². The molecule has 0 amide bonds. The van der Waals surface area contributed by atoms with Crippen LogP contribution in [-0.4, -0.2) is 30.1 Å². The van der Waals surface area contributed by atoms with Gasteiger partial charge in [0, 0.05) is 18.6 Å². The summed E-state index contributed by atoms with van der Waals surface area (Å²) < 4.78 is 0. The molecular formula is C19H38N2. The lowest BCUT2D eigenvalue weighted by molar-refractivity contribution is 0.0854. The Labute approximate surface area is 132 Å². The van der Waals surface area contributed by atoms with Gasteiger partial charge in [0.1, 0.15) is 0 Å². The third-order valence-electron chi connectivity index (χ3n) is 6.01. The molecule has 1 saturated carbocycles. The fourth-order valence-corrected chi connectivity index (χ4v) is 4.44. The van der Waals surface area contributed by atoms with Gasteiger partial charge in [0.2, 0.25) is 0 Å². The first-order valence-electron chi connectivity index (χ1n) is 9.53. The van der Waals surface area contributed by atoms with E-state index in [0.717, 1.165) is 6.54 Å². The largest absolute Gasteiger partial charge is 0.329 e. The predicted molar refractivity (Wildman–Crippen MR) is 92.5 cm³/mol. The highest BCUT2D eigenvalue weighted by Crippen LogP contribution is 2.38. The molecule has 0 aromatic heterocycles. The van der Waals surface area contributed by atoms with Gasteiger partial charge in [-0.1, -0.05) is 71.6 Å². The zero-order valence-electron chi connectivity index (χ0n) is 14.6. The first-order valence-corrected chi connectivity index (χ1v) is 9.53. The van der Waals surface area contributed by atoms with Crippen LogP contribution in [0.25, 0.3) is 0 Å². The van der Waals surface area contributed by atoms with E-state index in [2.05, 4.69) is 18.7 Å². The normalized spacial score (nSPS) is 28.7. The monoisotopic (exact) mass is 294 g/mol. The average Bonchev–Trinajstić information content (AvgIpc) is 2.81. The van der Waals surface area contributed by atoms with Gasteiger partial charge >= 0.3 is 0 Å². The van der Waals surface area contributed by atoms with Gasteiger partial charge in [-0.3, -0.25) is 4.90 Å². The molecule has 1 aliphatic carbocycles. The summed E-state index contributed by atoms with van der Waals surface area (Å²) in [7, 11) is 0. The Hall–Kier alpha value is -0.0800. The third-order valence-corrected chi connectivity index (χ3v) is 6.01. The third kappa shape index (κ3) is 4.96. The Morgan fingerprint density at radius 3 is 1.62 bits per heavy atom. The molecule has 2 rings (SSSR count). The second-order valence-electron chi connectivity index (χ2n) is 8.45. The SMILES string of the molecule is CC1(C)CCN(C2(CN)CCCCCCCCCCC2)C1. The molecular weight excluding hydrogens is 256 g/mol. The fourth-order valence-electron chi connectivity index (χ4n) is 4.44. The molecule has 2 N–H and O–H groups in total.